The molecule has 31 heavy (non-hydrogen) atoms. The highest BCUT2D eigenvalue weighted by molar-refractivity contribution is 7.12. The van der Waals surface area contributed by atoms with E-state index in [1.165, 1.54) is 18.4 Å². The van der Waals surface area contributed by atoms with Crippen LogP contribution >= 0.6 is 11.3 Å². The molecule has 1 fully saturated rings. The van der Waals surface area contributed by atoms with Gasteiger partial charge < -0.3 is 24.4 Å². The Hall–Kier alpha value is -2.91. The molecule has 9 heteroatoms. The highest BCUT2D eigenvalue weighted by Crippen LogP contribution is 2.32. The van der Waals surface area contributed by atoms with E-state index in [-0.39, 0.29) is 49.1 Å². The standard InChI is InChI=1S/C22H24N2O6S/c1-24-16-7-6-14(11-20(25)28-2)30-18(16)12-29-17-8-5-13(10-15(17)22(24)27)23-21(26)19-4-3-9-31-19/h3-5,8-10,14,16,18H,6-7,11-12H2,1-2H3,(H,23,26)/t14-,16+,18-/m0/s1. The van der Waals surface area contributed by atoms with Gasteiger partial charge >= 0.3 is 5.97 Å². The number of rotatable bonds is 4. The smallest absolute Gasteiger partial charge is 0.308 e. The summed E-state index contributed by atoms with van der Waals surface area (Å²) in [5.41, 5.74) is 0.916. The Morgan fingerprint density at radius 3 is 2.87 bits per heavy atom. The first-order valence-corrected chi connectivity index (χ1v) is 11.0. The first-order valence-electron chi connectivity index (χ1n) is 10.1. The summed E-state index contributed by atoms with van der Waals surface area (Å²) < 4.78 is 16.7. The number of carbonyl (C=O) groups is 3. The largest absolute Gasteiger partial charge is 0.490 e. The number of amides is 2. The second kappa shape index (κ2) is 9.07. The number of thiophene rings is 1. The fraction of sp³-hybridized carbons (Fsp3) is 0.409. The molecule has 2 aliphatic rings. The third-order valence-corrected chi connectivity index (χ3v) is 6.51. The maximum atomic E-state index is 13.2. The number of ether oxygens (including phenoxy) is 3. The summed E-state index contributed by atoms with van der Waals surface area (Å²) in [4.78, 5) is 39.4. The van der Waals surface area contributed by atoms with Gasteiger partial charge in [-0.1, -0.05) is 6.07 Å². The normalized spacial score (nSPS) is 23.0. The number of carbonyl (C=O) groups excluding carboxylic acids is 3. The third-order valence-electron chi connectivity index (χ3n) is 5.64. The van der Waals surface area contributed by atoms with E-state index in [0.29, 0.717) is 34.7 Å². The fourth-order valence-corrected chi connectivity index (χ4v) is 4.59. The van der Waals surface area contributed by atoms with Crippen molar-refractivity contribution in [1.29, 1.82) is 0 Å². The lowest BCUT2D eigenvalue weighted by molar-refractivity contribution is -0.151. The second-order valence-corrected chi connectivity index (χ2v) is 8.54. The summed E-state index contributed by atoms with van der Waals surface area (Å²) >= 11 is 1.35. The van der Waals surface area contributed by atoms with Gasteiger partial charge in [0.25, 0.3) is 11.8 Å². The van der Waals surface area contributed by atoms with Gasteiger partial charge in [-0.2, -0.15) is 0 Å². The van der Waals surface area contributed by atoms with Crippen LogP contribution in [0, 0.1) is 0 Å². The molecule has 164 valence electrons. The molecule has 0 bridgehead atoms. The van der Waals surface area contributed by atoms with Crippen LogP contribution in [-0.2, 0) is 14.3 Å². The van der Waals surface area contributed by atoms with Gasteiger partial charge in [0.2, 0.25) is 0 Å². The minimum Gasteiger partial charge on any atom is -0.490 e. The SMILES string of the molecule is COC(=O)C[C@@H]1CC[C@@H]2[C@H](COc3ccc(NC(=O)c4cccs4)cc3C(=O)N2C)O1. The van der Waals surface area contributed by atoms with Crippen LogP contribution in [0.5, 0.6) is 5.75 Å². The first kappa shape index (κ1) is 21.3. The molecule has 2 aromatic rings. The van der Waals surface area contributed by atoms with E-state index in [4.69, 9.17) is 14.2 Å². The Kier molecular flexibility index (Phi) is 6.24. The minimum atomic E-state index is -0.344. The van der Waals surface area contributed by atoms with Crippen LogP contribution < -0.4 is 10.1 Å². The van der Waals surface area contributed by atoms with Crippen LogP contribution in [-0.4, -0.2) is 61.7 Å². The van der Waals surface area contributed by atoms with Crippen LogP contribution in [0.4, 0.5) is 5.69 Å². The number of benzene rings is 1. The summed E-state index contributed by atoms with van der Waals surface area (Å²) in [6, 6.07) is 8.42. The quantitative estimate of drug-likeness (QED) is 0.729. The van der Waals surface area contributed by atoms with E-state index in [9.17, 15) is 14.4 Å². The molecule has 0 spiro atoms. The molecule has 3 atom stereocenters. The predicted octanol–water partition coefficient (Wildman–Crippen LogP) is 2.94. The molecule has 1 aromatic heterocycles. The Morgan fingerprint density at radius 1 is 1.29 bits per heavy atom. The number of methoxy groups -OCH3 is 1. The Morgan fingerprint density at radius 2 is 2.13 bits per heavy atom. The monoisotopic (exact) mass is 444 g/mol. The zero-order chi connectivity index (χ0) is 22.0. The van der Waals surface area contributed by atoms with Gasteiger partial charge in [-0.15, -0.1) is 11.3 Å². The zero-order valence-electron chi connectivity index (χ0n) is 17.3. The molecule has 1 saturated heterocycles. The number of likely N-dealkylation sites (N-methyl/N-ethyl adjacent to an activating group) is 1. The molecule has 3 heterocycles. The topological polar surface area (TPSA) is 94.2 Å². The van der Waals surface area contributed by atoms with Crippen LogP contribution in [0.2, 0.25) is 0 Å². The van der Waals surface area contributed by atoms with Crippen molar-refractivity contribution in [3.05, 3.63) is 46.2 Å². The average Bonchev–Trinajstić information content (AvgIpc) is 3.32. The van der Waals surface area contributed by atoms with Gasteiger partial charge in [0.15, 0.2) is 0 Å². The predicted molar refractivity (Wildman–Crippen MR) is 115 cm³/mol. The van der Waals surface area contributed by atoms with Crippen molar-refractivity contribution >= 4 is 34.8 Å². The van der Waals surface area contributed by atoms with Crippen molar-refractivity contribution < 1.29 is 28.6 Å². The third kappa shape index (κ3) is 4.57. The number of hydrogen-bond donors (Lipinski definition) is 1. The summed E-state index contributed by atoms with van der Waals surface area (Å²) in [5.74, 6) is -0.308. The van der Waals surface area contributed by atoms with E-state index in [0.717, 1.165) is 0 Å². The van der Waals surface area contributed by atoms with Gasteiger partial charge in [0.1, 0.15) is 18.5 Å². The lowest BCUT2D eigenvalue weighted by Crippen LogP contribution is -2.53. The summed E-state index contributed by atoms with van der Waals surface area (Å²) in [5, 5.41) is 4.66. The van der Waals surface area contributed by atoms with E-state index in [1.807, 2.05) is 11.4 Å². The van der Waals surface area contributed by atoms with E-state index in [1.54, 1.807) is 36.2 Å². The molecule has 0 aliphatic carbocycles. The van der Waals surface area contributed by atoms with Crippen molar-refractivity contribution in [3.63, 3.8) is 0 Å². The zero-order valence-corrected chi connectivity index (χ0v) is 18.1. The molecule has 2 aliphatic heterocycles. The van der Waals surface area contributed by atoms with Crippen LogP contribution in [0.3, 0.4) is 0 Å². The number of nitrogens with zero attached hydrogens (tertiary/aromatic N) is 1. The van der Waals surface area contributed by atoms with Crippen LogP contribution in [0.1, 0.15) is 39.3 Å². The highest BCUT2D eigenvalue weighted by atomic mass is 32.1. The first-order chi connectivity index (χ1) is 15.0. The van der Waals surface area contributed by atoms with Gasteiger partial charge in [-0.3, -0.25) is 14.4 Å². The van der Waals surface area contributed by atoms with Gasteiger partial charge in [0, 0.05) is 12.7 Å². The molecule has 4 rings (SSSR count). The minimum absolute atomic E-state index is 0.168. The average molecular weight is 445 g/mol. The van der Waals surface area contributed by atoms with Gasteiger partial charge in [-0.05, 0) is 42.5 Å². The lowest BCUT2D eigenvalue weighted by atomic mass is 9.94. The molecule has 0 radical (unpaired) electrons. The van der Waals surface area contributed by atoms with Crippen LogP contribution in [0.25, 0.3) is 0 Å². The highest BCUT2D eigenvalue weighted by Gasteiger charge is 2.39. The fourth-order valence-electron chi connectivity index (χ4n) is 3.97. The molecular weight excluding hydrogens is 420 g/mol. The van der Waals surface area contributed by atoms with E-state index in [2.05, 4.69) is 5.32 Å². The van der Waals surface area contributed by atoms with Crippen molar-refractivity contribution in [1.82, 2.24) is 4.90 Å². The summed E-state index contributed by atoms with van der Waals surface area (Å²) in [7, 11) is 3.10. The van der Waals surface area contributed by atoms with Crippen LogP contribution in [0.15, 0.2) is 35.7 Å². The van der Waals surface area contributed by atoms with Crippen molar-refractivity contribution in [3.8, 4) is 5.75 Å². The Balaban J connectivity index is 1.52. The summed E-state index contributed by atoms with van der Waals surface area (Å²) in [6.07, 6.45) is 0.930. The number of anilines is 1. The van der Waals surface area contributed by atoms with Gasteiger partial charge in [-0.25, -0.2) is 0 Å². The molecule has 8 nitrogen and oxygen atoms in total. The van der Waals surface area contributed by atoms with Crippen molar-refractivity contribution in [2.24, 2.45) is 0 Å². The number of esters is 1. The summed E-state index contributed by atoms with van der Waals surface area (Å²) in [6.45, 7) is 0.258. The molecule has 2 amide bonds. The molecule has 0 unspecified atom stereocenters. The second-order valence-electron chi connectivity index (χ2n) is 7.59. The molecule has 0 saturated carbocycles. The molecular formula is C22H24N2O6S. The van der Waals surface area contributed by atoms with Crippen molar-refractivity contribution in [2.75, 3.05) is 26.1 Å². The number of hydrogen-bond acceptors (Lipinski definition) is 7. The maximum Gasteiger partial charge on any atom is 0.308 e. The number of fused-ring (bicyclic) bond motifs is 2. The van der Waals surface area contributed by atoms with E-state index >= 15 is 0 Å². The Bertz CT molecular complexity index is 976. The van der Waals surface area contributed by atoms with Crippen molar-refractivity contribution in [2.45, 2.75) is 37.5 Å². The lowest BCUT2D eigenvalue weighted by Gasteiger charge is -2.42. The molecule has 1 N–H and O–H groups in total. The molecule has 1 aromatic carbocycles. The van der Waals surface area contributed by atoms with E-state index < -0.39 is 0 Å². The Labute approximate surface area is 184 Å². The number of nitrogens with one attached hydrogen (secondary N) is 1. The van der Waals surface area contributed by atoms with Gasteiger partial charge in [0.05, 0.1) is 36.1 Å². The maximum absolute atomic E-state index is 13.2.